The number of hydrogen-bond acceptors (Lipinski definition) is 4. The fourth-order valence-electron chi connectivity index (χ4n) is 4.97. The summed E-state index contributed by atoms with van der Waals surface area (Å²) in [6.07, 6.45) is 1.09. The smallest absolute Gasteiger partial charge is 0.254 e. The molecule has 1 fully saturated rings. The highest BCUT2D eigenvalue weighted by molar-refractivity contribution is 6.31. The van der Waals surface area contributed by atoms with E-state index in [2.05, 4.69) is 29.4 Å². The molecule has 1 aliphatic heterocycles. The number of halogens is 1. The Balaban J connectivity index is 1.55. The summed E-state index contributed by atoms with van der Waals surface area (Å²) in [5.74, 6) is -0.0962. The van der Waals surface area contributed by atoms with Gasteiger partial charge < -0.3 is 21.3 Å². The lowest BCUT2D eigenvalue weighted by atomic mass is 9.95. The Kier molecular flexibility index (Phi) is 8.86. The molecule has 0 aliphatic carbocycles. The Morgan fingerprint density at radius 2 is 1.84 bits per heavy atom. The average Bonchev–Trinajstić information content (AvgIpc) is 3.08. The molecule has 3 aromatic carbocycles. The lowest BCUT2D eigenvalue weighted by molar-refractivity contribution is -0.132. The molecular formula is C29H35ClN6O2. The van der Waals surface area contributed by atoms with Crippen molar-refractivity contribution in [2.45, 2.75) is 37.9 Å². The van der Waals surface area contributed by atoms with Crippen LogP contribution in [0.4, 0.5) is 0 Å². The number of carbonyl (C=O) groups excluding carboxylic acids is 2. The van der Waals surface area contributed by atoms with Crippen LogP contribution in [0.5, 0.6) is 0 Å². The zero-order chi connectivity index (χ0) is 27.2. The van der Waals surface area contributed by atoms with Gasteiger partial charge in [0.25, 0.3) is 5.91 Å². The van der Waals surface area contributed by atoms with Crippen LogP contribution in [0, 0.1) is 0 Å². The van der Waals surface area contributed by atoms with Crippen LogP contribution in [0.25, 0.3) is 10.8 Å². The van der Waals surface area contributed by atoms with E-state index in [0.29, 0.717) is 30.1 Å². The molecule has 0 bridgehead atoms. The molecule has 0 radical (unpaired) electrons. The molecule has 3 aromatic rings. The third kappa shape index (κ3) is 6.44. The molecule has 3 atom stereocenters. The number of nitrogens with two attached hydrogens (primary N) is 2. The normalized spacial score (nSPS) is 18.6. The first-order valence-corrected chi connectivity index (χ1v) is 13.3. The molecule has 1 aliphatic rings. The summed E-state index contributed by atoms with van der Waals surface area (Å²) in [6, 6.07) is 20.7. The summed E-state index contributed by atoms with van der Waals surface area (Å²) in [5, 5.41) is 5.90. The van der Waals surface area contributed by atoms with Crippen LogP contribution in [0.1, 0.15) is 41.6 Å². The molecule has 200 valence electrons. The van der Waals surface area contributed by atoms with Crippen molar-refractivity contribution in [1.29, 1.82) is 0 Å². The van der Waals surface area contributed by atoms with Gasteiger partial charge >= 0.3 is 0 Å². The summed E-state index contributed by atoms with van der Waals surface area (Å²) < 4.78 is 0. The van der Waals surface area contributed by atoms with Gasteiger partial charge in [0, 0.05) is 36.6 Å². The number of nitrogens with one attached hydrogen (secondary N) is 1. The van der Waals surface area contributed by atoms with E-state index < -0.39 is 6.04 Å². The van der Waals surface area contributed by atoms with Gasteiger partial charge in [-0.2, -0.15) is 0 Å². The first-order chi connectivity index (χ1) is 18.3. The Labute approximate surface area is 228 Å². The van der Waals surface area contributed by atoms with Crippen molar-refractivity contribution < 1.29 is 9.59 Å². The minimum Gasteiger partial charge on any atom is -0.370 e. The molecule has 0 unspecified atom stereocenters. The van der Waals surface area contributed by atoms with Gasteiger partial charge in [0.15, 0.2) is 5.96 Å². The van der Waals surface area contributed by atoms with Crippen molar-refractivity contribution in [2.24, 2.45) is 16.5 Å². The van der Waals surface area contributed by atoms with Crippen LogP contribution in [0.3, 0.4) is 0 Å². The fourth-order valence-corrected chi connectivity index (χ4v) is 5.15. The molecule has 0 saturated carbocycles. The largest absolute Gasteiger partial charge is 0.370 e. The number of carbonyl (C=O) groups is 2. The highest BCUT2D eigenvalue weighted by Gasteiger charge is 2.34. The molecule has 0 spiro atoms. The van der Waals surface area contributed by atoms with E-state index in [1.807, 2.05) is 53.4 Å². The van der Waals surface area contributed by atoms with Crippen LogP contribution in [-0.4, -0.2) is 66.5 Å². The van der Waals surface area contributed by atoms with Gasteiger partial charge in [-0.1, -0.05) is 61.0 Å². The Morgan fingerprint density at radius 1 is 1.13 bits per heavy atom. The lowest BCUT2D eigenvalue weighted by Crippen LogP contribution is -2.53. The number of amides is 2. The average molecular weight is 535 g/mol. The van der Waals surface area contributed by atoms with Gasteiger partial charge in [-0.15, -0.1) is 0 Å². The standard InChI is InChI=1S/C29H35ClN6O2/c1-3-19(20-7-5-4-6-8-20)18-36-14-13-26(34-25(28(36)38)17-33-29(31)32)35(2)27(37)23-10-9-22-16-24(30)12-11-21(22)15-23/h4-12,15-16,19,25-26,34H,3,13-14,17-18H2,1-2H3,(H4,31,32,33)/t19-,25+,26+/m1/s1. The second kappa shape index (κ2) is 12.3. The number of nitrogens with zero attached hydrogens (tertiary/aromatic N) is 3. The molecular weight excluding hydrogens is 500 g/mol. The molecule has 1 heterocycles. The molecule has 5 N–H and O–H groups in total. The van der Waals surface area contributed by atoms with E-state index in [1.54, 1.807) is 18.0 Å². The molecule has 9 heteroatoms. The van der Waals surface area contributed by atoms with E-state index in [0.717, 1.165) is 17.2 Å². The molecule has 2 amide bonds. The van der Waals surface area contributed by atoms with E-state index in [1.165, 1.54) is 5.56 Å². The van der Waals surface area contributed by atoms with Crippen molar-refractivity contribution in [3.63, 3.8) is 0 Å². The zero-order valence-corrected chi connectivity index (χ0v) is 22.6. The lowest BCUT2D eigenvalue weighted by Gasteiger charge is -2.29. The van der Waals surface area contributed by atoms with Gasteiger partial charge in [0.2, 0.25) is 5.91 Å². The monoisotopic (exact) mass is 534 g/mol. The van der Waals surface area contributed by atoms with Gasteiger partial charge in [-0.25, -0.2) is 0 Å². The van der Waals surface area contributed by atoms with Crippen LogP contribution >= 0.6 is 11.6 Å². The maximum atomic E-state index is 13.6. The third-order valence-electron chi connectivity index (χ3n) is 7.17. The number of benzene rings is 3. The van der Waals surface area contributed by atoms with Crippen molar-refractivity contribution in [3.05, 3.63) is 82.9 Å². The second-order valence-corrected chi connectivity index (χ2v) is 10.1. The van der Waals surface area contributed by atoms with Crippen molar-refractivity contribution in [3.8, 4) is 0 Å². The maximum absolute atomic E-state index is 13.6. The number of rotatable bonds is 8. The predicted molar refractivity (Wildman–Crippen MR) is 153 cm³/mol. The summed E-state index contributed by atoms with van der Waals surface area (Å²) in [4.78, 5) is 34.8. The van der Waals surface area contributed by atoms with Crippen LogP contribution in [0.15, 0.2) is 71.7 Å². The van der Waals surface area contributed by atoms with Crippen molar-refractivity contribution >= 4 is 40.1 Å². The molecule has 4 rings (SSSR count). The summed E-state index contributed by atoms with van der Waals surface area (Å²) in [6.45, 7) is 3.31. The Bertz CT molecular complexity index is 1310. The minimum absolute atomic E-state index is 0.0738. The molecule has 38 heavy (non-hydrogen) atoms. The van der Waals surface area contributed by atoms with Crippen LogP contribution in [-0.2, 0) is 4.79 Å². The zero-order valence-electron chi connectivity index (χ0n) is 21.8. The van der Waals surface area contributed by atoms with Crippen LogP contribution < -0.4 is 16.8 Å². The quantitative estimate of drug-likeness (QED) is 0.302. The molecule has 8 nitrogen and oxygen atoms in total. The predicted octanol–water partition coefficient (Wildman–Crippen LogP) is 3.55. The fraction of sp³-hybridized carbons (Fsp3) is 0.345. The topological polar surface area (TPSA) is 117 Å². The van der Waals surface area contributed by atoms with Gasteiger partial charge in [0.1, 0.15) is 6.04 Å². The SMILES string of the molecule is CC[C@H](CN1CC[C@H](N(C)C(=O)c2ccc3cc(Cl)ccc3c2)N[C@@H](CN=C(N)N)C1=O)c1ccccc1. The number of guanidine groups is 1. The highest BCUT2D eigenvalue weighted by atomic mass is 35.5. The summed E-state index contributed by atoms with van der Waals surface area (Å²) in [7, 11) is 1.75. The van der Waals surface area contributed by atoms with Gasteiger partial charge in [-0.05, 0) is 53.4 Å². The maximum Gasteiger partial charge on any atom is 0.254 e. The van der Waals surface area contributed by atoms with Crippen LogP contribution in [0.2, 0.25) is 5.02 Å². The van der Waals surface area contributed by atoms with E-state index in [-0.39, 0.29) is 36.4 Å². The molecule has 1 saturated heterocycles. The first kappa shape index (κ1) is 27.4. The second-order valence-electron chi connectivity index (χ2n) is 9.71. The number of fused-ring (bicyclic) bond motifs is 1. The summed E-state index contributed by atoms with van der Waals surface area (Å²) >= 11 is 6.11. The Hall–Kier alpha value is -3.62. The van der Waals surface area contributed by atoms with E-state index in [9.17, 15) is 9.59 Å². The number of hydrogen-bond donors (Lipinski definition) is 3. The van der Waals surface area contributed by atoms with E-state index in [4.69, 9.17) is 23.1 Å². The number of aliphatic imine (C=N–C) groups is 1. The van der Waals surface area contributed by atoms with Gasteiger partial charge in [0.05, 0.1) is 12.7 Å². The highest BCUT2D eigenvalue weighted by Crippen LogP contribution is 2.24. The van der Waals surface area contributed by atoms with Crippen molar-refractivity contribution in [1.82, 2.24) is 15.1 Å². The molecule has 0 aromatic heterocycles. The van der Waals surface area contributed by atoms with E-state index >= 15 is 0 Å². The third-order valence-corrected chi connectivity index (χ3v) is 7.41. The Morgan fingerprint density at radius 3 is 2.55 bits per heavy atom. The summed E-state index contributed by atoms with van der Waals surface area (Å²) in [5.41, 5.74) is 12.9. The minimum atomic E-state index is -0.660. The first-order valence-electron chi connectivity index (χ1n) is 12.9. The van der Waals surface area contributed by atoms with Crippen molar-refractivity contribution in [2.75, 3.05) is 26.7 Å². The van der Waals surface area contributed by atoms with Gasteiger partial charge in [-0.3, -0.25) is 19.9 Å².